The Balaban J connectivity index is 1.65. The number of hydrogen-bond donors (Lipinski definition) is 3. The van der Waals surface area contributed by atoms with Crippen LogP contribution in [0.3, 0.4) is 0 Å². The van der Waals surface area contributed by atoms with Crippen molar-refractivity contribution >= 4 is 39.2 Å². The van der Waals surface area contributed by atoms with Crippen LogP contribution in [0.1, 0.15) is 24.9 Å². The third kappa shape index (κ3) is 5.46. The number of amides is 2. The van der Waals surface area contributed by atoms with Gasteiger partial charge in [0.15, 0.2) is 11.4 Å². The van der Waals surface area contributed by atoms with Gasteiger partial charge in [-0.1, -0.05) is 18.2 Å². The summed E-state index contributed by atoms with van der Waals surface area (Å²) in [5.41, 5.74) is 0.570. The van der Waals surface area contributed by atoms with Crippen LogP contribution in [0, 0.1) is 11.6 Å². The summed E-state index contributed by atoms with van der Waals surface area (Å²) >= 11 is 1.21. The molecule has 0 saturated heterocycles. The first-order valence-corrected chi connectivity index (χ1v) is 12.1. The number of halogens is 2. The van der Waals surface area contributed by atoms with Gasteiger partial charge in [0.1, 0.15) is 11.6 Å². The van der Waals surface area contributed by atoms with E-state index < -0.39 is 35.2 Å². The lowest BCUT2D eigenvalue weighted by Crippen LogP contribution is -2.36. The number of ether oxygens (including phenoxy) is 1. The first kappa shape index (κ1) is 25.8. The van der Waals surface area contributed by atoms with Crippen LogP contribution in [0.25, 0.3) is 21.3 Å². The van der Waals surface area contributed by atoms with Gasteiger partial charge in [0.2, 0.25) is 0 Å². The van der Waals surface area contributed by atoms with Crippen LogP contribution in [0.2, 0.25) is 0 Å². The normalized spacial score (nSPS) is 11.8. The molecule has 37 heavy (non-hydrogen) atoms. The highest BCUT2D eigenvalue weighted by Crippen LogP contribution is 2.33. The van der Waals surface area contributed by atoms with Crippen molar-refractivity contribution in [2.45, 2.75) is 19.4 Å². The van der Waals surface area contributed by atoms with Gasteiger partial charge in [-0.15, -0.1) is 11.3 Å². The summed E-state index contributed by atoms with van der Waals surface area (Å²) in [7, 11) is 1.52. The van der Waals surface area contributed by atoms with E-state index in [1.54, 1.807) is 42.6 Å². The molecule has 0 aliphatic heterocycles. The fraction of sp³-hybridized carbons (Fsp3) is 0.192. The zero-order chi connectivity index (χ0) is 26.7. The molecule has 0 aliphatic rings. The molecule has 0 aliphatic carbocycles. The molecule has 2 aromatic carbocycles. The maximum atomic E-state index is 14.4. The highest BCUT2D eigenvalue weighted by Gasteiger charge is 2.23. The number of anilines is 1. The number of urea groups is 1. The van der Waals surface area contributed by atoms with Gasteiger partial charge in [0.25, 0.3) is 5.56 Å². The summed E-state index contributed by atoms with van der Waals surface area (Å²) in [5.74, 6) is -2.44. The van der Waals surface area contributed by atoms with Crippen molar-refractivity contribution in [3.05, 3.63) is 81.5 Å². The van der Waals surface area contributed by atoms with E-state index in [1.807, 2.05) is 0 Å². The van der Waals surface area contributed by atoms with Crippen LogP contribution >= 0.6 is 11.3 Å². The van der Waals surface area contributed by atoms with E-state index in [4.69, 9.17) is 4.74 Å². The molecular weight excluding hydrogens is 504 g/mol. The lowest BCUT2D eigenvalue weighted by Gasteiger charge is -2.20. The number of aromatic nitrogens is 1. The van der Waals surface area contributed by atoms with Crippen molar-refractivity contribution in [1.29, 1.82) is 0 Å². The summed E-state index contributed by atoms with van der Waals surface area (Å²) in [4.78, 5) is 38.0. The van der Waals surface area contributed by atoms with Crippen molar-refractivity contribution in [3.63, 3.8) is 0 Å². The Kier molecular flexibility index (Phi) is 7.53. The summed E-state index contributed by atoms with van der Waals surface area (Å²) in [6.07, 6.45) is -0.259. The van der Waals surface area contributed by atoms with Crippen molar-refractivity contribution in [2.75, 3.05) is 11.9 Å². The maximum Gasteiger partial charge on any atom is 0.319 e. The molecule has 192 valence electrons. The first-order valence-electron chi connectivity index (χ1n) is 11.3. The van der Waals surface area contributed by atoms with Gasteiger partial charge in [-0.3, -0.25) is 9.59 Å². The van der Waals surface area contributed by atoms with Crippen molar-refractivity contribution in [1.82, 2.24) is 9.88 Å². The van der Waals surface area contributed by atoms with Gasteiger partial charge in [-0.25, -0.2) is 13.6 Å². The van der Waals surface area contributed by atoms with Gasteiger partial charge < -0.3 is 25.0 Å². The number of nitrogens with zero attached hydrogens (tertiary/aromatic N) is 1. The van der Waals surface area contributed by atoms with Crippen molar-refractivity contribution in [3.8, 4) is 16.9 Å². The lowest BCUT2D eigenvalue weighted by molar-refractivity contribution is -0.143. The van der Waals surface area contributed by atoms with Crippen LogP contribution in [0.15, 0.2) is 58.7 Å². The van der Waals surface area contributed by atoms with E-state index in [1.165, 1.54) is 29.0 Å². The summed E-state index contributed by atoms with van der Waals surface area (Å²) in [6, 6.07) is 9.50. The number of rotatable bonds is 7. The quantitative estimate of drug-likeness (QED) is 0.291. The number of aromatic hydroxyl groups is 1. The van der Waals surface area contributed by atoms with Crippen LogP contribution in [-0.2, 0) is 16.6 Å². The smallest absolute Gasteiger partial charge is 0.319 e. The number of thiophene rings is 1. The largest absolute Gasteiger partial charge is 0.504 e. The Bertz CT molecular complexity index is 1550. The Morgan fingerprint density at radius 1 is 1.16 bits per heavy atom. The number of carbonyl (C=O) groups is 2. The molecule has 0 fully saturated rings. The Labute approximate surface area is 214 Å². The van der Waals surface area contributed by atoms with Crippen LogP contribution in [0.4, 0.5) is 19.3 Å². The third-order valence-corrected chi connectivity index (χ3v) is 6.64. The van der Waals surface area contributed by atoms with Gasteiger partial charge in [-0.2, -0.15) is 0 Å². The second kappa shape index (κ2) is 10.8. The molecule has 0 saturated carbocycles. The molecule has 8 nitrogen and oxygen atoms in total. The molecule has 0 unspecified atom stereocenters. The summed E-state index contributed by atoms with van der Waals surface area (Å²) in [6.45, 7) is 1.77. The molecule has 0 spiro atoms. The Morgan fingerprint density at radius 2 is 1.95 bits per heavy atom. The number of benzene rings is 2. The van der Waals surface area contributed by atoms with E-state index in [-0.39, 0.29) is 30.0 Å². The van der Waals surface area contributed by atoms with Gasteiger partial charge >= 0.3 is 12.0 Å². The molecule has 2 amide bonds. The minimum atomic E-state index is -0.932. The molecule has 3 N–H and O–H groups in total. The summed E-state index contributed by atoms with van der Waals surface area (Å²) < 4.78 is 34.5. The van der Waals surface area contributed by atoms with Crippen molar-refractivity contribution < 1.29 is 28.2 Å². The van der Waals surface area contributed by atoms with Gasteiger partial charge in [0.05, 0.1) is 29.3 Å². The number of hydrogen-bond acceptors (Lipinski definition) is 6. The minimum Gasteiger partial charge on any atom is -0.504 e. The molecule has 1 atom stereocenters. The monoisotopic (exact) mass is 527 g/mol. The Morgan fingerprint density at radius 3 is 2.68 bits per heavy atom. The fourth-order valence-corrected chi connectivity index (χ4v) is 4.81. The molecule has 2 heterocycles. The minimum absolute atomic E-state index is 0.128. The summed E-state index contributed by atoms with van der Waals surface area (Å²) in [5, 5.41) is 17.3. The zero-order valence-corrected chi connectivity index (χ0v) is 20.7. The molecule has 4 rings (SSSR count). The predicted molar refractivity (Wildman–Crippen MR) is 137 cm³/mol. The lowest BCUT2D eigenvalue weighted by atomic mass is 9.97. The van der Waals surface area contributed by atoms with E-state index in [0.717, 1.165) is 12.1 Å². The van der Waals surface area contributed by atoms with Gasteiger partial charge in [-0.05, 0) is 47.7 Å². The molecule has 0 radical (unpaired) electrons. The first-order chi connectivity index (χ1) is 17.7. The van der Waals surface area contributed by atoms with Crippen LogP contribution in [-0.4, -0.2) is 28.3 Å². The zero-order valence-electron chi connectivity index (χ0n) is 19.9. The second-order valence-corrected chi connectivity index (χ2v) is 9.05. The highest BCUT2D eigenvalue weighted by atomic mass is 32.1. The number of pyridine rings is 1. The molecule has 0 bridgehead atoms. The Hall–Kier alpha value is -4.25. The third-order valence-electron chi connectivity index (χ3n) is 5.73. The van der Waals surface area contributed by atoms with E-state index in [2.05, 4.69) is 10.6 Å². The molecule has 2 aromatic heterocycles. The topological polar surface area (TPSA) is 110 Å². The number of esters is 1. The average Bonchev–Trinajstić information content (AvgIpc) is 3.36. The SMILES string of the molecule is CCOC(=O)C[C@H](NC(=O)Nc1c(O)c2sccc2n(C)c1=O)c1cccc(-c2ccc(F)cc2F)c1. The number of fused-ring (bicyclic) bond motifs is 1. The fourth-order valence-electron chi connectivity index (χ4n) is 3.94. The van der Waals surface area contributed by atoms with Crippen LogP contribution < -0.4 is 16.2 Å². The standard InChI is InChI=1S/C26H23F2N3O5S/c1-3-36-21(32)13-19(15-6-4-5-14(11-15)17-8-7-16(27)12-18(17)28)29-26(35)30-22-23(33)24-20(9-10-37-24)31(2)25(22)34/h4-12,19,33H,3,13H2,1-2H3,(H2,29,30,35)/t19-/m0/s1. The van der Waals surface area contributed by atoms with E-state index >= 15 is 0 Å². The number of nitrogens with one attached hydrogen (secondary N) is 2. The molecule has 4 aromatic rings. The molecule has 11 heteroatoms. The maximum absolute atomic E-state index is 14.4. The average molecular weight is 528 g/mol. The highest BCUT2D eigenvalue weighted by molar-refractivity contribution is 7.17. The number of aryl methyl sites for hydroxylation is 1. The molecular formula is C26H23F2N3O5S. The van der Waals surface area contributed by atoms with Gasteiger partial charge in [0, 0.05) is 18.7 Å². The van der Waals surface area contributed by atoms with E-state index in [9.17, 15) is 28.3 Å². The van der Waals surface area contributed by atoms with Crippen LogP contribution in [0.5, 0.6) is 5.75 Å². The number of carbonyl (C=O) groups excluding carboxylic acids is 2. The second-order valence-electron chi connectivity index (χ2n) is 8.13. The predicted octanol–water partition coefficient (Wildman–Crippen LogP) is 5.07. The van der Waals surface area contributed by atoms with Crippen molar-refractivity contribution in [2.24, 2.45) is 7.05 Å². The van der Waals surface area contributed by atoms with E-state index in [0.29, 0.717) is 21.3 Å².